The van der Waals surface area contributed by atoms with Gasteiger partial charge < -0.3 is 25.4 Å². The molecule has 1 amide bonds. The van der Waals surface area contributed by atoms with Crippen molar-refractivity contribution < 1.29 is 29.0 Å². The number of fused-ring (bicyclic) bond motifs is 7. The third-order valence-electron chi connectivity index (χ3n) is 17.1. The number of hydrogen-bond acceptors (Lipinski definition) is 7. The number of amides is 1. The largest absolute Gasteiger partial charge is 0.481 e. The number of allylic oxidation sites excluding steroid dienone is 1. The summed E-state index contributed by atoms with van der Waals surface area (Å²) in [6, 6.07) is 10.2. The summed E-state index contributed by atoms with van der Waals surface area (Å²) >= 11 is 0. The summed E-state index contributed by atoms with van der Waals surface area (Å²) < 4.78 is 6.19. The molecule has 4 fully saturated rings. The predicted molar refractivity (Wildman–Crippen MR) is 224 cm³/mol. The van der Waals surface area contributed by atoms with Crippen LogP contribution < -0.4 is 5.73 Å². The topological polar surface area (TPSA) is 130 Å². The number of aliphatic carboxylic acids is 1. The lowest BCUT2D eigenvalue weighted by Crippen LogP contribution is -2.74. The molecule has 316 valence electrons. The molecule has 0 aliphatic heterocycles. The molecule has 0 unspecified atom stereocenters. The second-order valence-electron chi connectivity index (χ2n) is 21.7. The standard InChI is InChI=1S/C48H73N3O6/c1-31(2)39-33(52)27-47(25-26-51(37(53)30-50(10)11)29-32-15-13-12-14-16-32)24-23-46(9)45(8)21-17-34-43(5,6)36(57-38(54)28-42(3,4)41(55)56)19-20-44(34,7)35(45)18-22-48(46,49)40(39)47/h12-16,31,34-36H,17-30,49H2,1-11H3,(H,55,56)/t34-,35+,36-,44-,45+,46-,47+,48-/m0/s1. The van der Waals surface area contributed by atoms with Crippen LogP contribution in [0.2, 0.25) is 0 Å². The Morgan fingerprint density at radius 2 is 1.58 bits per heavy atom. The van der Waals surface area contributed by atoms with E-state index in [1.54, 1.807) is 13.8 Å². The van der Waals surface area contributed by atoms with E-state index in [1.807, 2.05) is 42.1 Å². The highest BCUT2D eigenvalue weighted by Crippen LogP contribution is 2.77. The van der Waals surface area contributed by atoms with E-state index >= 15 is 0 Å². The molecule has 1 aromatic carbocycles. The van der Waals surface area contributed by atoms with Crippen molar-refractivity contribution in [3.05, 3.63) is 47.0 Å². The number of ether oxygens (including phenoxy) is 1. The molecule has 0 spiro atoms. The van der Waals surface area contributed by atoms with Crippen molar-refractivity contribution in [2.24, 2.45) is 56.0 Å². The van der Waals surface area contributed by atoms with Crippen LogP contribution in [0.4, 0.5) is 0 Å². The van der Waals surface area contributed by atoms with Crippen molar-refractivity contribution in [2.75, 3.05) is 27.2 Å². The Bertz CT molecular complexity index is 1780. The average Bonchev–Trinajstić information content (AvgIpc) is 3.42. The minimum absolute atomic E-state index is 0.00408. The van der Waals surface area contributed by atoms with Crippen LogP contribution in [-0.2, 0) is 30.5 Å². The molecule has 5 aliphatic carbocycles. The second kappa shape index (κ2) is 14.9. The Morgan fingerprint density at radius 1 is 0.930 bits per heavy atom. The number of ketones is 1. The van der Waals surface area contributed by atoms with Gasteiger partial charge in [0.15, 0.2) is 5.78 Å². The maximum atomic E-state index is 14.3. The van der Waals surface area contributed by atoms with E-state index in [9.17, 15) is 24.3 Å². The number of nitrogens with zero attached hydrogens (tertiary/aromatic N) is 2. The fourth-order valence-electron chi connectivity index (χ4n) is 13.8. The van der Waals surface area contributed by atoms with E-state index in [0.29, 0.717) is 37.9 Å². The van der Waals surface area contributed by atoms with Crippen molar-refractivity contribution in [3.8, 4) is 0 Å². The number of benzene rings is 1. The number of esters is 1. The molecule has 0 aromatic heterocycles. The second-order valence-corrected chi connectivity index (χ2v) is 21.7. The van der Waals surface area contributed by atoms with Gasteiger partial charge in [0.2, 0.25) is 5.91 Å². The van der Waals surface area contributed by atoms with Gasteiger partial charge in [-0.05, 0) is 136 Å². The first kappa shape index (κ1) is 43.5. The first-order valence-electron chi connectivity index (χ1n) is 21.9. The number of Topliss-reactive ketones (excluding diaryl/α,β-unsaturated/α-hetero) is 1. The molecule has 0 heterocycles. The van der Waals surface area contributed by atoms with Gasteiger partial charge in [0.05, 0.1) is 18.4 Å². The van der Waals surface area contributed by atoms with Gasteiger partial charge in [0.25, 0.3) is 0 Å². The summed E-state index contributed by atoms with van der Waals surface area (Å²) in [5.74, 6) is -0.297. The Morgan fingerprint density at radius 3 is 2.19 bits per heavy atom. The third-order valence-corrected chi connectivity index (χ3v) is 17.1. The van der Waals surface area contributed by atoms with Crippen molar-refractivity contribution in [2.45, 2.75) is 151 Å². The first-order chi connectivity index (χ1) is 26.4. The highest BCUT2D eigenvalue weighted by molar-refractivity contribution is 6.01. The van der Waals surface area contributed by atoms with Crippen LogP contribution in [0.5, 0.6) is 0 Å². The number of rotatable bonds is 12. The number of carbonyl (C=O) groups excluding carboxylic acids is 3. The minimum Gasteiger partial charge on any atom is -0.481 e. The highest BCUT2D eigenvalue weighted by atomic mass is 16.5. The highest BCUT2D eigenvalue weighted by Gasteiger charge is 2.74. The molecule has 57 heavy (non-hydrogen) atoms. The zero-order chi connectivity index (χ0) is 42.1. The number of carboxylic acids is 1. The van der Waals surface area contributed by atoms with E-state index in [0.717, 1.165) is 68.9 Å². The van der Waals surface area contributed by atoms with Crippen molar-refractivity contribution >= 4 is 23.6 Å². The van der Waals surface area contributed by atoms with Crippen LogP contribution in [0.3, 0.4) is 0 Å². The van der Waals surface area contributed by atoms with Gasteiger partial charge >= 0.3 is 11.9 Å². The minimum atomic E-state index is -1.18. The van der Waals surface area contributed by atoms with E-state index in [1.165, 1.54) is 5.57 Å². The molecule has 6 rings (SSSR count). The lowest BCUT2D eigenvalue weighted by atomic mass is 9.31. The summed E-state index contributed by atoms with van der Waals surface area (Å²) in [6.07, 6.45) is 8.11. The Kier molecular flexibility index (Phi) is 11.4. The first-order valence-corrected chi connectivity index (χ1v) is 21.9. The molecule has 5 aliphatic rings. The van der Waals surface area contributed by atoms with Gasteiger partial charge in [-0.25, -0.2) is 0 Å². The smallest absolute Gasteiger partial charge is 0.309 e. The number of carbonyl (C=O) groups is 4. The normalized spacial score (nSPS) is 36.0. The van der Waals surface area contributed by atoms with Crippen LogP contribution >= 0.6 is 0 Å². The molecule has 4 saturated carbocycles. The predicted octanol–water partition coefficient (Wildman–Crippen LogP) is 8.44. The third kappa shape index (κ3) is 7.02. The van der Waals surface area contributed by atoms with Crippen LogP contribution in [0.15, 0.2) is 41.5 Å². The zero-order valence-electron chi connectivity index (χ0n) is 37.1. The number of likely N-dealkylation sites (N-methyl/N-ethyl adjacent to an activating group) is 1. The fraction of sp³-hybridized carbons (Fsp3) is 0.750. The molecule has 0 saturated heterocycles. The quantitative estimate of drug-likeness (QED) is 0.202. The van der Waals surface area contributed by atoms with Crippen LogP contribution in [0.25, 0.3) is 0 Å². The summed E-state index contributed by atoms with van der Waals surface area (Å²) in [4.78, 5) is 57.0. The maximum absolute atomic E-state index is 14.3. The molecule has 3 N–H and O–H groups in total. The molecule has 1 aromatic rings. The van der Waals surface area contributed by atoms with Gasteiger partial charge in [-0.15, -0.1) is 0 Å². The molecule has 9 heteroatoms. The zero-order valence-corrected chi connectivity index (χ0v) is 37.1. The van der Waals surface area contributed by atoms with E-state index < -0.39 is 22.9 Å². The number of nitrogens with two attached hydrogens (primary N) is 1. The summed E-state index contributed by atoms with van der Waals surface area (Å²) in [7, 11) is 3.86. The van der Waals surface area contributed by atoms with Gasteiger partial charge in [-0.1, -0.05) is 78.8 Å². The Hall–Kier alpha value is -3.04. The molecule has 9 nitrogen and oxygen atoms in total. The van der Waals surface area contributed by atoms with E-state index in [2.05, 4.69) is 60.6 Å². The summed E-state index contributed by atoms with van der Waals surface area (Å²) in [6.45, 7) is 20.9. The number of hydrogen-bond donors (Lipinski definition) is 2. The van der Waals surface area contributed by atoms with Gasteiger partial charge in [-0.3, -0.25) is 19.2 Å². The van der Waals surface area contributed by atoms with Gasteiger partial charge in [0.1, 0.15) is 6.10 Å². The Balaban J connectivity index is 1.31. The molecule has 0 radical (unpaired) electrons. The Labute approximate surface area is 342 Å². The van der Waals surface area contributed by atoms with Gasteiger partial charge in [-0.2, -0.15) is 0 Å². The lowest BCUT2D eigenvalue weighted by Gasteiger charge is -2.74. The average molecular weight is 788 g/mol. The SMILES string of the molecule is CC(C)C1=C2[C@@](CCN(Cc3ccccc3)C(=O)CN(C)C)(CC[C@]3(C)[C@]2(N)CC[C@@H]2[C@@]4(C)CC[C@H](OC(=O)CC(C)(C)C(=O)O)C(C)(C)[C@@H]4CC[C@]23C)CC1=O. The molecular formula is C48H73N3O6. The fourth-order valence-corrected chi connectivity index (χ4v) is 13.8. The van der Waals surface area contributed by atoms with Crippen LogP contribution in [-0.4, -0.2) is 77.4 Å². The van der Waals surface area contributed by atoms with Crippen LogP contribution in [0.1, 0.15) is 139 Å². The lowest BCUT2D eigenvalue weighted by molar-refractivity contribution is -0.237. The summed E-state index contributed by atoms with van der Waals surface area (Å²) in [5.41, 5.74) is 8.59. The molecule has 8 atom stereocenters. The number of carboxylic acid groups (broad SMARTS) is 1. The summed E-state index contributed by atoms with van der Waals surface area (Å²) in [5, 5.41) is 9.65. The monoisotopic (exact) mass is 788 g/mol. The van der Waals surface area contributed by atoms with Crippen molar-refractivity contribution in [3.63, 3.8) is 0 Å². The van der Waals surface area contributed by atoms with Crippen molar-refractivity contribution in [1.82, 2.24) is 9.80 Å². The maximum Gasteiger partial charge on any atom is 0.309 e. The van der Waals surface area contributed by atoms with Crippen LogP contribution in [0, 0.1) is 50.2 Å². The molecular weight excluding hydrogens is 715 g/mol. The molecule has 0 bridgehead atoms. The van der Waals surface area contributed by atoms with Gasteiger partial charge in [0, 0.05) is 35.9 Å². The van der Waals surface area contributed by atoms with E-state index in [4.69, 9.17) is 10.5 Å². The van der Waals surface area contributed by atoms with E-state index in [-0.39, 0.29) is 57.2 Å². The van der Waals surface area contributed by atoms with Crippen molar-refractivity contribution in [1.29, 1.82) is 0 Å².